The molecule has 1 saturated carbocycles. The largest absolute Gasteiger partial charge is 0.320 e. The molecule has 2 aromatic carbocycles. The Labute approximate surface area is 203 Å². The highest BCUT2D eigenvalue weighted by Gasteiger charge is 2.27. The van der Waals surface area contributed by atoms with Gasteiger partial charge in [0.2, 0.25) is 15.9 Å². The fraction of sp³-hybridized carbons (Fsp3) is 0.320. The highest BCUT2D eigenvalue weighted by molar-refractivity contribution is 7.89. The first-order chi connectivity index (χ1) is 16.9. The first-order valence-electron chi connectivity index (χ1n) is 11.7. The van der Waals surface area contributed by atoms with Crippen molar-refractivity contribution in [3.63, 3.8) is 0 Å². The summed E-state index contributed by atoms with van der Waals surface area (Å²) >= 11 is 0. The second-order valence-electron chi connectivity index (χ2n) is 8.88. The molecule has 8 nitrogen and oxygen atoms in total. The molecular weight excluding hydrogens is 469 g/mol. The van der Waals surface area contributed by atoms with Crippen LogP contribution in [0.5, 0.6) is 0 Å². The number of aromatic nitrogens is 3. The minimum atomic E-state index is -3.53. The van der Waals surface area contributed by atoms with Gasteiger partial charge in [-0.1, -0.05) is 18.6 Å². The van der Waals surface area contributed by atoms with Crippen LogP contribution in [0.4, 0.5) is 10.1 Å². The van der Waals surface area contributed by atoms with Crippen molar-refractivity contribution in [2.24, 2.45) is 0 Å². The van der Waals surface area contributed by atoms with Crippen molar-refractivity contribution in [3.05, 3.63) is 65.7 Å². The molecule has 2 heterocycles. The monoisotopic (exact) mass is 495 g/mol. The number of rotatable bonds is 7. The predicted octanol–water partition coefficient (Wildman–Crippen LogP) is 3.90. The lowest BCUT2D eigenvalue weighted by Gasteiger charge is -2.09. The molecule has 1 aliphatic heterocycles. The van der Waals surface area contributed by atoms with Crippen molar-refractivity contribution in [3.8, 4) is 11.4 Å². The molecule has 2 N–H and O–H groups in total. The molecule has 0 radical (unpaired) electrons. The van der Waals surface area contributed by atoms with E-state index in [1.54, 1.807) is 30.3 Å². The molecule has 0 bridgehead atoms. The van der Waals surface area contributed by atoms with Crippen LogP contribution in [0, 0.1) is 5.82 Å². The molecular formula is C25H26FN5O3S. The van der Waals surface area contributed by atoms with Gasteiger partial charge in [0, 0.05) is 30.6 Å². The van der Waals surface area contributed by atoms with E-state index in [9.17, 15) is 17.6 Å². The Morgan fingerprint density at radius 2 is 1.86 bits per heavy atom. The lowest BCUT2D eigenvalue weighted by Crippen LogP contribution is -2.25. The van der Waals surface area contributed by atoms with Crippen LogP contribution in [-0.4, -0.2) is 35.1 Å². The molecule has 182 valence electrons. The van der Waals surface area contributed by atoms with E-state index >= 15 is 0 Å². The summed E-state index contributed by atoms with van der Waals surface area (Å²) in [6.07, 6.45) is 8.66. The lowest BCUT2D eigenvalue weighted by atomic mass is 10.1. The van der Waals surface area contributed by atoms with Gasteiger partial charge in [0.1, 0.15) is 11.6 Å². The number of carbonyl (C=O) groups excluding carboxylic acids is 1. The maximum absolute atomic E-state index is 14.4. The summed E-state index contributed by atoms with van der Waals surface area (Å²) in [7, 11) is -3.53. The SMILES string of the molecule is O=C(/C=C/c1ccc(S(=O)(=O)NC2CC2)cc1)Nc1cc(-c2nnc3n2CCCCC3)ccc1F. The molecule has 3 aromatic rings. The number of nitrogens with one attached hydrogen (secondary N) is 2. The average Bonchev–Trinajstić information content (AvgIpc) is 3.61. The Morgan fingerprint density at radius 3 is 2.63 bits per heavy atom. The number of halogens is 1. The topological polar surface area (TPSA) is 106 Å². The number of fused-ring (bicyclic) bond motifs is 1. The van der Waals surface area contributed by atoms with Gasteiger partial charge in [0.15, 0.2) is 5.82 Å². The van der Waals surface area contributed by atoms with Crippen LogP contribution in [0.3, 0.4) is 0 Å². The number of nitrogens with zero attached hydrogens (tertiary/aromatic N) is 3. The molecule has 1 fully saturated rings. The van der Waals surface area contributed by atoms with Gasteiger partial charge in [0.05, 0.1) is 10.6 Å². The summed E-state index contributed by atoms with van der Waals surface area (Å²) in [5.74, 6) is 0.536. The van der Waals surface area contributed by atoms with Gasteiger partial charge in [0.25, 0.3) is 0 Å². The Kier molecular flexibility index (Phi) is 6.48. The maximum atomic E-state index is 14.4. The Hall–Kier alpha value is -3.37. The van der Waals surface area contributed by atoms with E-state index in [0.717, 1.165) is 50.9 Å². The highest BCUT2D eigenvalue weighted by atomic mass is 32.2. The third kappa shape index (κ3) is 5.49. The summed E-state index contributed by atoms with van der Waals surface area (Å²) < 4.78 is 43.7. The minimum absolute atomic E-state index is 0.0295. The van der Waals surface area contributed by atoms with Crippen LogP contribution in [-0.2, 0) is 27.8 Å². The van der Waals surface area contributed by atoms with E-state index < -0.39 is 21.7 Å². The number of hydrogen-bond donors (Lipinski definition) is 2. The second-order valence-corrected chi connectivity index (χ2v) is 10.6. The molecule has 0 saturated heterocycles. The lowest BCUT2D eigenvalue weighted by molar-refractivity contribution is -0.111. The summed E-state index contributed by atoms with van der Waals surface area (Å²) in [5.41, 5.74) is 1.38. The molecule has 0 spiro atoms. The fourth-order valence-corrected chi connectivity index (χ4v) is 5.36. The molecule has 1 amide bonds. The summed E-state index contributed by atoms with van der Waals surface area (Å²) in [4.78, 5) is 12.6. The van der Waals surface area contributed by atoms with Crippen molar-refractivity contribution in [1.82, 2.24) is 19.5 Å². The molecule has 1 aliphatic carbocycles. The fourth-order valence-electron chi connectivity index (χ4n) is 4.05. The quantitative estimate of drug-likeness (QED) is 0.484. The maximum Gasteiger partial charge on any atom is 0.248 e. The zero-order valence-corrected chi connectivity index (χ0v) is 19.9. The second kappa shape index (κ2) is 9.71. The minimum Gasteiger partial charge on any atom is -0.320 e. The smallest absolute Gasteiger partial charge is 0.248 e. The summed E-state index contributed by atoms with van der Waals surface area (Å²) in [6.45, 7) is 0.816. The molecule has 5 rings (SSSR count). The van der Waals surface area contributed by atoms with Gasteiger partial charge in [-0.2, -0.15) is 0 Å². The van der Waals surface area contributed by atoms with E-state index in [4.69, 9.17) is 0 Å². The van der Waals surface area contributed by atoms with Crippen molar-refractivity contribution in [2.75, 3.05) is 5.32 Å². The molecule has 35 heavy (non-hydrogen) atoms. The van der Waals surface area contributed by atoms with Crippen LogP contribution in [0.2, 0.25) is 0 Å². The number of anilines is 1. The normalized spacial score (nSPS) is 16.1. The van der Waals surface area contributed by atoms with E-state index in [2.05, 4.69) is 24.8 Å². The predicted molar refractivity (Wildman–Crippen MR) is 130 cm³/mol. The Bertz CT molecular complexity index is 1380. The van der Waals surface area contributed by atoms with Crippen LogP contribution < -0.4 is 10.0 Å². The third-order valence-electron chi connectivity index (χ3n) is 6.11. The number of benzene rings is 2. The van der Waals surface area contributed by atoms with E-state index in [-0.39, 0.29) is 16.6 Å². The Morgan fingerprint density at radius 1 is 1.06 bits per heavy atom. The van der Waals surface area contributed by atoms with Crippen molar-refractivity contribution in [1.29, 1.82) is 0 Å². The molecule has 2 aliphatic rings. The Balaban J connectivity index is 1.27. The number of carbonyl (C=O) groups is 1. The van der Waals surface area contributed by atoms with Gasteiger partial charge in [-0.3, -0.25) is 4.79 Å². The molecule has 10 heteroatoms. The first kappa shape index (κ1) is 23.4. The molecule has 0 atom stereocenters. The highest BCUT2D eigenvalue weighted by Crippen LogP contribution is 2.27. The van der Waals surface area contributed by atoms with Crippen LogP contribution in [0.1, 0.15) is 43.5 Å². The number of hydrogen-bond acceptors (Lipinski definition) is 5. The van der Waals surface area contributed by atoms with Crippen LogP contribution >= 0.6 is 0 Å². The summed E-state index contributed by atoms with van der Waals surface area (Å²) in [5, 5.41) is 11.2. The van der Waals surface area contributed by atoms with E-state index in [0.29, 0.717) is 17.0 Å². The van der Waals surface area contributed by atoms with Crippen molar-refractivity contribution < 1.29 is 17.6 Å². The van der Waals surface area contributed by atoms with Crippen molar-refractivity contribution in [2.45, 2.75) is 56.0 Å². The van der Waals surface area contributed by atoms with E-state index in [1.807, 2.05) is 0 Å². The standard InChI is InChI=1S/C25H26FN5O3S/c26-21-13-8-18(25-29-28-23-4-2-1-3-15-31(23)25)16-22(21)27-24(32)14-7-17-5-11-20(12-6-17)35(33,34)30-19-9-10-19/h5-8,11-14,16,19,30H,1-4,9-10,15H2,(H,27,32)/b14-7+. The number of sulfonamides is 1. The third-order valence-corrected chi connectivity index (χ3v) is 7.65. The van der Waals surface area contributed by atoms with Crippen molar-refractivity contribution >= 4 is 27.7 Å². The van der Waals surface area contributed by atoms with Gasteiger partial charge in [-0.25, -0.2) is 17.5 Å². The van der Waals surface area contributed by atoms with Gasteiger partial charge in [-0.05, 0) is 67.7 Å². The molecule has 0 unspecified atom stereocenters. The molecule has 1 aromatic heterocycles. The van der Waals surface area contributed by atoms with Crippen LogP contribution in [0.25, 0.3) is 17.5 Å². The average molecular weight is 496 g/mol. The zero-order chi connectivity index (χ0) is 24.4. The number of amides is 1. The van der Waals surface area contributed by atoms with E-state index in [1.165, 1.54) is 24.3 Å². The van der Waals surface area contributed by atoms with Gasteiger partial charge in [-0.15, -0.1) is 10.2 Å². The van der Waals surface area contributed by atoms with Gasteiger partial charge < -0.3 is 9.88 Å². The number of aryl methyl sites for hydroxylation is 1. The first-order valence-corrected chi connectivity index (χ1v) is 13.2. The zero-order valence-electron chi connectivity index (χ0n) is 19.1. The van der Waals surface area contributed by atoms with Crippen LogP contribution in [0.15, 0.2) is 53.4 Å². The van der Waals surface area contributed by atoms with Gasteiger partial charge >= 0.3 is 0 Å². The summed E-state index contributed by atoms with van der Waals surface area (Å²) in [6, 6.07) is 10.8.